The minimum atomic E-state index is 1.25. The summed E-state index contributed by atoms with van der Waals surface area (Å²) in [4.78, 5) is 0. The molecular formula is C12H18B9Br. The van der Waals surface area contributed by atoms with E-state index in [2.05, 4.69) is 86.5 Å². The lowest BCUT2D eigenvalue weighted by Crippen LogP contribution is -2.56. The molecule has 0 saturated heterocycles. The first kappa shape index (κ1) is 17.9. The predicted octanol–water partition coefficient (Wildman–Crippen LogP) is -11.6. The normalized spacial score (nSPS) is 10.8. The van der Waals surface area contributed by atoms with Crippen LogP contribution in [0.2, 0.25) is 0 Å². The molecule has 0 heterocycles. The lowest BCUT2D eigenvalue weighted by Gasteiger charge is -2.25. The Morgan fingerprint density at radius 1 is 0.364 bits per heavy atom. The zero-order valence-electron chi connectivity index (χ0n) is 15.4. The summed E-state index contributed by atoms with van der Waals surface area (Å²) in [6.45, 7) is 0. The Bertz CT molecular complexity index is 675. The number of rotatable bonds is 1. The molecule has 0 aliphatic carbocycles. The fourth-order valence-corrected chi connectivity index (χ4v) is 4.23. The Balaban J connectivity index is 3.03. The highest BCUT2D eigenvalue weighted by Crippen LogP contribution is 2.19. The van der Waals surface area contributed by atoms with Crippen molar-refractivity contribution in [3.63, 3.8) is 0 Å². The maximum absolute atomic E-state index is 3.89. The molecule has 0 N–H and O–H groups in total. The van der Waals surface area contributed by atoms with Crippen LogP contribution in [0, 0.1) is 0 Å². The largest absolute Gasteiger partial charge is 0.140 e. The second-order valence-electron chi connectivity index (χ2n) is 6.69. The smallest absolute Gasteiger partial charge is 0.102 e. The molecule has 2 aromatic rings. The van der Waals surface area contributed by atoms with Crippen LogP contribution < -0.4 is 49.2 Å². The number of hydrogen-bond donors (Lipinski definition) is 0. The van der Waals surface area contributed by atoms with Crippen LogP contribution in [-0.2, 0) is 0 Å². The molecule has 0 nitrogen and oxygen atoms in total. The standard InChI is InChI=1S/C12H18B9Br/c13-3-1(4(14)7(17)9(19)6(3)16)2-5(15)8(18)10(20)11(21)12(2)22/h13-21H2. The third kappa shape index (κ3) is 2.52. The molecule has 0 aromatic heterocycles. The Morgan fingerprint density at radius 3 is 1.05 bits per heavy atom. The van der Waals surface area contributed by atoms with Crippen LogP contribution in [0.4, 0.5) is 0 Å². The fraction of sp³-hybridized carbons (Fsp3) is 0. The van der Waals surface area contributed by atoms with Gasteiger partial charge in [0.15, 0.2) is 0 Å². The van der Waals surface area contributed by atoms with Crippen molar-refractivity contribution in [3.05, 3.63) is 4.47 Å². The van der Waals surface area contributed by atoms with Crippen LogP contribution in [-0.4, -0.2) is 70.6 Å². The van der Waals surface area contributed by atoms with Crippen molar-refractivity contribution in [2.24, 2.45) is 0 Å². The van der Waals surface area contributed by atoms with Crippen molar-refractivity contribution in [1.29, 1.82) is 0 Å². The summed E-state index contributed by atoms with van der Waals surface area (Å²) in [5.74, 6) is 0. The van der Waals surface area contributed by atoms with E-state index in [0.717, 1.165) is 0 Å². The molecule has 0 spiro atoms. The van der Waals surface area contributed by atoms with Crippen molar-refractivity contribution in [3.8, 4) is 11.1 Å². The van der Waals surface area contributed by atoms with Crippen molar-refractivity contribution in [2.45, 2.75) is 0 Å². The van der Waals surface area contributed by atoms with Gasteiger partial charge in [-0.2, -0.15) is 0 Å². The van der Waals surface area contributed by atoms with E-state index in [1.165, 1.54) is 64.8 Å². The summed E-state index contributed by atoms with van der Waals surface area (Å²) in [6.07, 6.45) is 0. The summed E-state index contributed by atoms with van der Waals surface area (Å²) in [5.41, 5.74) is 15.4. The zero-order chi connectivity index (χ0) is 16.9. The highest BCUT2D eigenvalue weighted by Gasteiger charge is 2.19. The molecule has 0 unspecified atom stereocenters. The van der Waals surface area contributed by atoms with Crippen LogP contribution in [0.5, 0.6) is 0 Å². The molecule has 10 heteroatoms. The number of benzene rings is 2. The van der Waals surface area contributed by atoms with Gasteiger partial charge in [-0.3, -0.25) is 0 Å². The van der Waals surface area contributed by atoms with Gasteiger partial charge >= 0.3 is 0 Å². The van der Waals surface area contributed by atoms with E-state index in [4.69, 9.17) is 0 Å². The van der Waals surface area contributed by atoms with E-state index in [0.29, 0.717) is 0 Å². The van der Waals surface area contributed by atoms with E-state index in [-0.39, 0.29) is 0 Å². The van der Waals surface area contributed by atoms with Crippen LogP contribution in [0.15, 0.2) is 4.47 Å². The Hall–Kier alpha value is -0.496. The molecule has 0 aliphatic heterocycles. The van der Waals surface area contributed by atoms with Gasteiger partial charge < -0.3 is 0 Å². The van der Waals surface area contributed by atoms with Gasteiger partial charge in [0.1, 0.15) is 70.6 Å². The summed E-state index contributed by atoms with van der Waals surface area (Å²) in [5, 5.41) is 0. The molecule has 0 atom stereocenters. The van der Waals surface area contributed by atoms with Crippen molar-refractivity contribution >= 4 is 136 Å². The molecular weight excluding hydrogens is 321 g/mol. The van der Waals surface area contributed by atoms with Gasteiger partial charge in [-0.1, -0.05) is 37.8 Å². The molecule has 22 heavy (non-hydrogen) atoms. The second kappa shape index (κ2) is 6.19. The maximum atomic E-state index is 3.89. The van der Waals surface area contributed by atoms with Crippen molar-refractivity contribution in [2.75, 3.05) is 0 Å². The number of halogens is 1. The van der Waals surface area contributed by atoms with Gasteiger partial charge in [-0.05, 0) is 11.1 Å². The zero-order valence-corrected chi connectivity index (χ0v) is 17.0. The van der Waals surface area contributed by atoms with E-state index >= 15 is 0 Å². The van der Waals surface area contributed by atoms with Crippen molar-refractivity contribution < 1.29 is 0 Å². The Kier molecular flexibility index (Phi) is 5.02. The van der Waals surface area contributed by atoms with Gasteiger partial charge in [-0.25, -0.2) is 0 Å². The first-order valence-corrected chi connectivity index (χ1v) is 8.73. The SMILES string of the molecule is Bc1c(B)c(B)c(-c2c(B)c(B)c(B)c(B)c2Br)c(B)c1B. The molecule has 0 radical (unpaired) electrons. The fourth-order valence-electron chi connectivity index (χ4n) is 3.44. The minimum absolute atomic E-state index is 1.25. The summed E-state index contributed by atoms with van der Waals surface area (Å²) in [7, 11) is 20.2. The molecule has 2 aromatic carbocycles. The summed E-state index contributed by atoms with van der Waals surface area (Å²) >= 11 is 3.89. The topological polar surface area (TPSA) is 0 Å². The molecule has 0 amide bonds. The summed E-state index contributed by atoms with van der Waals surface area (Å²) in [6, 6.07) is 0. The highest BCUT2D eigenvalue weighted by atomic mass is 79.9. The quantitative estimate of drug-likeness (QED) is 0.453. The van der Waals surface area contributed by atoms with Gasteiger partial charge in [0.25, 0.3) is 0 Å². The maximum Gasteiger partial charge on any atom is 0.140 e. The van der Waals surface area contributed by atoms with E-state index in [9.17, 15) is 0 Å². The predicted molar refractivity (Wildman–Crippen MR) is 133 cm³/mol. The lowest BCUT2D eigenvalue weighted by atomic mass is 9.57. The van der Waals surface area contributed by atoms with Crippen LogP contribution in [0.25, 0.3) is 11.1 Å². The first-order chi connectivity index (χ1) is 10.1. The van der Waals surface area contributed by atoms with E-state index < -0.39 is 0 Å². The number of hydrogen-bond acceptors (Lipinski definition) is 0. The van der Waals surface area contributed by atoms with E-state index in [1.807, 2.05) is 0 Å². The molecule has 0 fully saturated rings. The second-order valence-corrected chi connectivity index (χ2v) is 7.48. The molecule has 0 bridgehead atoms. The molecule has 0 saturated carbocycles. The minimum Gasteiger partial charge on any atom is -0.102 e. The van der Waals surface area contributed by atoms with Crippen LogP contribution in [0.3, 0.4) is 0 Å². The van der Waals surface area contributed by atoms with Crippen molar-refractivity contribution in [1.82, 2.24) is 0 Å². The molecule has 2 rings (SSSR count). The average molecular weight is 339 g/mol. The van der Waals surface area contributed by atoms with Gasteiger partial charge in [0.05, 0.1) is 0 Å². The highest BCUT2D eigenvalue weighted by molar-refractivity contribution is 9.10. The lowest BCUT2D eigenvalue weighted by molar-refractivity contribution is 1.79. The van der Waals surface area contributed by atoms with Gasteiger partial charge in [-0.15, -0.1) is 27.3 Å². The average Bonchev–Trinajstić information content (AvgIpc) is 2.50. The third-order valence-electron chi connectivity index (χ3n) is 5.86. The van der Waals surface area contributed by atoms with Crippen LogP contribution >= 0.6 is 15.9 Å². The molecule has 100 valence electrons. The summed E-state index contributed by atoms with van der Waals surface area (Å²) < 4.78 is 1.25. The van der Waals surface area contributed by atoms with Gasteiger partial charge in [0, 0.05) is 4.47 Å². The first-order valence-electron chi connectivity index (χ1n) is 7.94. The Labute approximate surface area is 151 Å². The Morgan fingerprint density at radius 2 is 0.636 bits per heavy atom. The third-order valence-corrected chi connectivity index (χ3v) is 6.85. The molecule has 0 aliphatic rings. The van der Waals surface area contributed by atoms with Crippen LogP contribution in [0.1, 0.15) is 0 Å². The van der Waals surface area contributed by atoms with E-state index in [1.54, 1.807) is 0 Å². The van der Waals surface area contributed by atoms with Gasteiger partial charge in [0.2, 0.25) is 0 Å². The monoisotopic (exact) mass is 340 g/mol.